The van der Waals surface area contributed by atoms with Crippen molar-refractivity contribution in [1.82, 2.24) is 10.2 Å². The highest BCUT2D eigenvalue weighted by atomic mass is 79.9. The summed E-state index contributed by atoms with van der Waals surface area (Å²) in [6, 6.07) is 7.49. The third-order valence-electron chi connectivity index (χ3n) is 3.27. The van der Waals surface area contributed by atoms with Gasteiger partial charge in [0.15, 0.2) is 0 Å². The molecule has 1 fully saturated rings. The molecule has 1 heterocycles. The van der Waals surface area contributed by atoms with Gasteiger partial charge >= 0.3 is 0 Å². The van der Waals surface area contributed by atoms with Gasteiger partial charge in [0.25, 0.3) is 0 Å². The summed E-state index contributed by atoms with van der Waals surface area (Å²) in [6.07, 6.45) is 1.16. The summed E-state index contributed by atoms with van der Waals surface area (Å²) in [4.78, 5) is 14.7. The van der Waals surface area contributed by atoms with Crippen molar-refractivity contribution in [2.75, 3.05) is 31.9 Å². The first-order chi connectivity index (χ1) is 9.66. The zero-order chi connectivity index (χ0) is 14.4. The molecule has 1 aromatic carbocycles. The summed E-state index contributed by atoms with van der Waals surface area (Å²) in [5.74, 6) is 0.721. The lowest BCUT2D eigenvalue weighted by Gasteiger charge is -2.27. The molecular formula is C14H19BrN2O2S. The van der Waals surface area contributed by atoms with Crippen molar-refractivity contribution in [2.45, 2.75) is 17.7 Å². The first kappa shape index (κ1) is 15.7. The summed E-state index contributed by atoms with van der Waals surface area (Å²) in [5.41, 5.74) is 0. The van der Waals surface area contributed by atoms with E-state index in [-0.39, 0.29) is 5.91 Å². The first-order valence-electron chi connectivity index (χ1n) is 6.79. The average Bonchev–Trinajstić information content (AvgIpc) is 2.48. The number of halogens is 1. The lowest BCUT2D eigenvalue weighted by molar-refractivity contribution is -0.131. The lowest BCUT2D eigenvalue weighted by Crippen LogP contribution is -2.46. The Labute approximate surface area is 130 Å². The van der Waals surface area contributed by atoms with Crippen LogP contribution in [0.3, 0.4) is 0 Å². The highest BCUT2D eigenvalue weighted by molar-refractivity contribution is 9.10. The maximum Gasteiger partial charge on any atom is 0.222 e. The van der Waals surface area contributed by atoms with E-state index in [4.69, 9.17) is 0 Å². The van der Waals surface area contributed by atoms with Crippen LogP contribution in [0.2, 0.25) is 0 Å². The van der Waals surface area contributed by atoms with E-state index in [2.05, 4.69) is 21.2 Å². The second kappa shape index (κ2) is 7.90. The van der Waals surface area contributed by atoms with Crippen LogP contribution in [0.5, 0.6) is 0 Å². The predicted octanol–water partition coefficient (Wildman–Crippen LogP) is 1.77. The Bertz CT molecular complexity index is 473. The van der Waals surface area contributed by atoms with Crippen molar-refractivity contribution in [3.63, 3.8) is 0 Å². The van der Waals surface area contributed by atoms with Crippen molar-refractivity contribution < 1.29 is 9.00 Å². The number of amides is 1. The number of nitrogens with zero attached hydrogens (tertiary/aromatic N) is 1. The molecule has 0 saturated carbocycles. The van der Waals surface area contributed by atoms with Crippen molar-refractivity contribution >= 4 is 32.6 Å². The SMILES string of the molecule is O=C(CCCS(=O)c1ccc(Br)cc1)N1CCNCC1. The Morgan fingerprint density at radius 1 is 1.25 bits per heavy atom. The first-order valence-corrected chi connectivity index (χ1v) is 8.90. The van der Waals surface area contributed by atoms with Crippen LogP contribution in [0.15, 0.2) is 33.6 Å². The van der Waals surface area contributed by atoms with E-state index in [0.29, 0.717) is 18.6 Å². The standard InChI is InChI=1S/C14H19BrN2O2S/c15-12-3-5-13(6-4-12)20(19)11-1-2-14(18)17-9-7-16-8-10-17/h3-6,16H,1-2,7-11H2. The van der Waals surface area contributed by atoms with E-state index in [1.165, 1.54) is 0 Å². The lowest BCUT2D eigenvalue weighted by atomic mass is 10.2. The molecule has 1 unspecified atom stereocenters. The summed E-state index contributed by atoms with van der Waals surface area (Å²) in [5, 5.41) is 3.22. The summed E-state index contributed by atoms with van der Waals surface area (Å²) in [6.45, 7) is 3.32. The quantitative estimate of drug-likeness (QED) is 0.872. The second-order valence-electron chi connectivity index (χ2n) is 4.74. The molecule has 1 atom stereocenters. The van der Waals surface area contributed by atoms with Crippen LogP contribution in [0.1, 0.15) is 12.8 Å². The minimum atomic E-state index is -1.02. The topological polar surface area (TPSA) is 49.4 Å². The van der Waals surface area contributed by atoms with Crippen molar-refractivity contribution in [2.24, 2.45) is 0 Å². The molecule has 1 N–H and O–H groups in total. The molecule has 2 rings (SSSR count). The Morgan fingerprint density at radius 3 is 2.55 bits per heavy atom. The molecule has 0 aromatic heterocycles. The van der Waals surface area contributed by atoms with E-state index in [1.807, 2.05) is 29.2 Å². The smallest absolute Gasteiger partial charge is 0.222 e. The molecule has 110 valence electrons. The van der Waals surface area contributed by atoms with Crippen LogP contribution in [0, 0.1) is 0 Å². The molecule has 20 heavy (non-hydrogen) atoms. The highest BCUT2D eigenvalue weighted by Crippen LogP contribution is 2.14. The van der Waals surface area contributed by atoms with Gasteiger partial charge in [-0.25, -0.2) is 0 Å². The molecule has 1 aliphatic heterocycles. The molecule has 0 spiro atoms. The van der Waals surface area contributed by atoms with E-state index in [1.54, 1.807) is 0 Å². The fourth-order valence-electron chi connectivity index (χ4n) is 2.13. The Balaban J connectivity index is 1.73. The molecule has 1 aromatic rings. The van der Waals surface area contributed by atoms with E-state index in [0.717, 1.165) is 35.5 Å². The summed E-state index contributed by atoms with van der Waals surface area (Å²) < 4.78 is 13.1. The van der Waals surface area contributed by atoms with Crippen LogP contribution in [0.4, 0.5) is 0 Å². The highest BCUT2D eigenvalue weighted by Gasteiger charge is 2.15. The zero-order valence-electron chi connectivity index (χ0n) is 11.3. The Hall–Kier alpha value is -0.720. The fourth-order valence-corrected chi connectivity index (χ4v) is 3.48. The number of rotatable bonds is 5. The van der Waals surface area contributed by atoms with Crippen LogP contribution in [0.25, 0.3) is 0 Å². The van der Waals surface area contributed by atoms with Crippen molar-refractivity contribution in [3.05, 3.63) is 28.7 Å². The van der Waals surface area contributed by atoms with E-state index < -0.39 is 10.8 Å². The third-order valence-corrected chi connectivity index (χ3v) is 5.25. The number of nitrogens with one attached hydrogen (secondary N) is 1. The number of hydrogen-bond acceptors (Lipinski definition) is 3. The van der Waals surface area contributed by atoms with Gasteiger partial charge in [0.1, 0.15) is 0 Å². The minimum absolute atomic E-state index is 0.180. The van der Waals surface area contributed by atoms with Gasteiger partial charge in [0, 0.05) is 47.7 Å². The molecular weight excluding hydrogens is 340 g/mol. The van der Waals surface area contributed by atoms with Crippen molar-refractivity contribution in [3.8, 4) is 0 Å². The van der Waals surface area contributed by atoms with Gasteiger partial charge in [0.05, 0.1) is 10.8 Å². The molecule has 1 saturated heterocycles. The normalized spacial score (nSPS) is 16.9. The fraction of sp³-hybridized carbons (Fsp3) is 0.500. The van der Waals surface area contributed by atoms with Gasteiger partial charge < -0.3 is 10.2 Å². The monoisotopic (exact) mass is 358 g/mol. The number of benzene rings is 1. The van der Waals surface area contributed by atoms with Gasteiger partial charge in [-0.15, -0.1) is 0 Å². The van der Waals surface area contributed by atoms with Crippen LogP contribution < -0.4 is 5.32 Å². The molecule has 0 radical (unpaired) electrons. The Morgan fingerprint density at radius 2 is 1.90 bits per heavy atom. The largest absolute Gasteiger partial charge is 0.340 e. The summed E-state index contributed by atoms with van der Waals surface area (Å²) in [7, 11) is -1.02. The summed E-state index contributed by atoms with van der Waals surface area (Å²) >= 11 is 3.36. The Kier molecular flexibility index (Phi) is 6.19. The van der Waals surface area contributed by atoms with Crippen molar-refractivity contribution in [1.29, 1.82) is 0 Å². The van der Waals surface area contributed by atoms with Crippen LogP contribution in [-0.4, -0.2) is 46.9 Å². The maximum absolute atomic E-state index is 12.1. The second-order valence-corrected chi connectivity index (χ2v) is 7.22. The number of carbonyl (C=O) groups is 1. The van der Waals surface area contributed by atoms with E-state index >= 15 is 0 Å². The molecule has 0 aliphatic carbocycles. The maximum atomic E-state index is 12.1. The van der Waals surface area contributed by atoms with Gasteiger partial charge in [-0.05, 0) is 30.7 Å². The molecule has 1 aliphatic rings. The molecule has 1 amide bonds. The van der Waals surface area contributed by atoms with Gasteiger partial charge in [-0.2, -0.15) is 0 Å². The molecule has 6 heteroatoms. The van der Waals surface area contributed by atoms with Crippen LogP contribution >= 0.6 is 15.9 Å². The number of hydrogen-bond donors (Lipinski definition) is 1. The van der Waals surface area contributed by atoms with Crippen LogP contribution in [-0.2, 0) is 15.6 Å². The third kappa shape index (κ3) is 4.68. The van der Waals surface area contributed by atoms with Gasteiger partial charge in [-0.3, -0.25) is 9.00 Å². The average molecular weight is 359 g/mol. The predicted molar refractivity (Wildman–Crippen MR) is 84.1 cm³/mol. The minimum Gasteiger partial charge on any atom is -0.340 e. The zero-order valence-corrected chi connectivity index (χ0v) is 13.7. The van der Waals surface area contributed by atoms with Gasteiger partial charge in [0.2, 0.25) is 5.91 Å². The van der Waals surface area contributed by atoms with E-state index in [9.17, 15) is 9.00 Å². The number of carbonyl (C=O) groups excluding carboxylic acids is 1. The van der Waals surface area contributed by atoms with Gasteiger partial charge in [-0.1, -0.05) is 15.9 Å². The number of piperazine rings is 1. The molecule has 0 bridgehead atoms. The molecule has 4 nitrogen and oxygen atoms in total.